The number of benzene rings is 2. The molecule has 0 aliphatic heterocycles. The molecule has 0 saturated carbocycles. The molecule has 0 heterocycles. The summed E-state index contributed by atoms with van der Waals surface area (Å²) in [4.78, 5) is 23.1. The lowest BCUT2D eigenvalue weighted by atomic mass is 10.1. The highest BCUT2D eigenvalue weighted by Gasteiger charge is 2.09. The smallest absolute Gasteiger partial charge is 0.407 e. The van der Waals surface area contributed by atoms with Crippen LogP contribution in [0.1, 0.15) is 21.5 Å². The Hall–Kier alpha value is -2.79. The fraction of sp³-hybridized carbons (Fsp3) is 0.158. The second-order valence-corrected chi connectivity index (χ2v) is 5.48. The summed E-state index contributed by atoms with van der Waals surface area (Å²) in [5.74, 6) is -0.483. The zero-order chi connectivity index (χ0) is 18.1. The van der Waals surface area contributed by atoms with E-state index in [2.05, 4.69) is 10.1 Å². The molecule has 0 saturated heterocycles. The summed E-state index contributed by atoms with van der Waals surface area (Å²) in [6.07, 6.45) is 3.05. The third kappa shape index (κ3) is 5.97. The number of carbonyl (C=O) groups is 2. The number of rotatable bonds is 6. The van der Waals surface area contributed by atoms with Crippen LogP contribution >= 0.6 is 11.6 Å². The molecule has 2 rings (SSSR count). The van der Waals surface area contributed by atoms with Gasteiger partial charge in [0.15, 0.2) is 0 Å². The van der Waals surface area contributed by atoms with E-state index in [9.17, 15) is 9.59 Å². The molecular weight excluding hydrogens is 342 g/mol. The Morgan fingerprint density at radius 1 is 1.16 bits per heavy atom. The summed E-state index contributed by atoms with van der Waals surface area (Å²) < 4.78 is 9.73. The highest BCUT2D eigenvalue weighted by Crippen LogP contribution is 2.19. The van der Waals surface area contributed by atoms with E-state index in [0.717, 1.165) is 11.1 Å². The summed E-state index contributed by atoms with van der Waals surface area (Å²) >= 11 is 6.04. The molecule has 0 fully saturated rings. The summed E-state index contributed by atoms with van der Waals surface area (Å²) in [5.41, 5.74) is 2.04. The Bertz CT molecular complexity index is 759. The molecule has 2 aromatic rings. The number of methoxy groups -OCH3 is 1. The minimum Gasteiger partial charge on any atom is -0.465 e. The van der Waals surface area contributed by atoms with Crippen LogP contribution in [0.2, 0.25) is 5.02 Å². The molecule has 0 bridgehead atoms. The van der Waals surface area contributed by atoms with E-state index in [1.807, 2.05) is 30.3 Å². The zero-order valence-corrected chi connectivity index (χ0v) is 14.5. The predicted octanol–water partition coefficient (Wildman–Crippen LogP) is 4.07. The molecule has 5 nitrogen and oxygen atoms in total. The lowest BCUT2D eigenvalue weighted by Gasteiger charge is -2.05. The van der Waals surface area contributed by atoms with Crippen molar-refractivity contribution in [2.45, 2.75) is 6.61 Å². The molecule has 25 heavy (non-hydrogen) atoms. The number of esters is 1. The molecule has 0 aromatic heterocycles. The van der Waals surface area contributed by atoms with E-state index in [1.54, 1.807) is 30.4 Å². The highest BCUT2D eigenvalue weighted by atomic mass is 35.5. The van der Waals surface area contributed by atoms with Gasteiger partial charge in [-0.05, 0) is 23.3 Å². The van der Waals surface area contributed by atoms with Gasteiger partial charge in [-0.2, -0.15) is 0 Å². The van der Waals surface area contributed by atoms with Crippen molar-refractivity contribution in [3.8, 4) is 0 Å². The molecule has 6 heteroatoms. The maximum absolute atomic E-state index is 11.6. The Labute approximate surface area is 151 Å². The first-order chi connectivity index (χ1) is 12.1. The van der Waals surface area contributed by atoms with Crippen molar-refractivity contribution in [2.24, 2.45) is 0 Å². The zero-order valence-electron chi connectivity index (χ0n) is 13.7. The van der Waals surface area contributed by atoms with E-state index in [0.29, 0.717) is 17.1 Å². The van der Waals surface area contributed by atoms with Crippen LogP contribution in [-0.2, 0) is 16.1 Å². The average molecular weight is 360 g/mol. The number of hydrogen-bond donors (Lipinski definition) is 1. The van der Waals surface area contributed by atoms with Crippen LogP contribution in [0.4, 0.5) is 4.79 Å². The van der Waals surface area contributed by atoms with Gasteiger partial charge < -0.3 is 14.8 Å². The minimum atomic E-state index is -0.493. The van der Waals surface area contributed by atoms with Gasteiger partial charge in [0.25, 0.3) is 0 Å². The van der Waals surface area contributed by atoms with Gasteiger partial charge >= 0.3 is 12.1 Å². The Morgan fingerprint density at radius 2 is 1.92 bits per heavy atom. The number of nitrogens with one attached hydrogen (secondary N) is 1. The van der Waals surface area contributed by atoms with Crippen molar-refractivity contribution in [3.63, 3.8) is 0 Å². The van der Waals surface area contributed by atoms with E-state index < -0.39 is 12.1 Å². The molecule has 130 valence electrons. The van der Waals surface area contributed by atoms with Crippen LogP contribution < -0.4 is 5.32 Å². The quantitative estimate of drug-likeness (QED) is 0.790. The maximum Gasteiger partial charge on any atom is 0.407 e. The van der Waals surface area contributed by atoms with Crippen molar-refractivity contribution in [2.75, 3.05) is 13.7 Å². The second-order valence-electron chi connectivity index (χ2n) is 5.08. The summed E-state index contributed by atoms with van der Waals surface area (Å²) in [5, 5.41) is 2.93. The van der Waals surface area contributed by atoms with Crippen molar-refractivity contribution in [3.05, 3.63) is 76.3 Å². The van der Waals surface area contributed by atoms with Crippen molar-refractivity contribution in [1.29, 1.82) is 0 Å². The van der Waals surface area contributed by atoms with Crippen LogP contribution in [0.25, 0.3) is 6.08 Å². The molecule has 2 aromatic carbocycles. The van der Waals surface area contributed by atoms with Gasteiger partial charge in [-0.25, -0.2) is 9.59 Å². The lowest BCUT2D eigenvalue weighted by Crippen LogP contribution is -2.24. The fourth-order valence-corrected chi connectivity index (χ4v) is 2.29. The monoisotopic (exact) mass is 359 g/mol. The van der Waals surface area contributed by atoms with E-state index >= 15 is 0 Å². The molecule has 0 unspecified atom stereocenters. The normalized spacial score (nSPS) is 10.5. The number of hydrogen-bond acceptors (Lipinski definition) is 4. The predicted molar refractivity (Wildman–Crippen MR) is 96.5 cm³/mol. The molecule has 1 amide bonds. The number of alkyl carbamates (subject to hydrolysis) is 1. The lowest BCUT2D eigenvalue weighted by molar-refractivity contribution is 0.0601. The maximum atomic E-state index is 11.6. The van der Waals surface area contributed by atoms with Crippen LogP contribution in [0.3, 0.4) is 0 Å². The third-order valence-corrected chi connectivity index (χ3v) is 3.60. The van der Waals surface area contributed by atoms with Crippen LogP contribution in [0, 0.1) is 0 Å². The van der Waals surface area contributed by atoms with E-state index in [4.69, 9.17) is 16.3 Å². The first kappa shape index (κ1) is 18.5. The highest BCUT2D eigenvalue weighted by molar-refractivity contribution is 6.33. The molecule has 0 aliphatic carbocycles. The summed E-state index contributed by atoms with van der Waals surface area (Å²) in [7, 11) is 1.30. The topological polar surface area (TPSA) is 64.6 Å². The Kier molecular flexibility index (Phi) is 7.04. The number of amides is 1. The molecular formula is C19H18ClNO4. The second kappa shape index (κ2) is 9.49. The number of ether oxygens (including phenoxy) is 2. The van der Waals surface area contributed by atoms with Gasteiger partial charge in [-0.3, -0.25) is 0 Å². The SMILES string of the molecule is COC(=O)c1ccc(C=CCNC(=O)OCc2ccccc2)cc1Cl. The molecule has 0 radical (unpaired) electrons. The first-order valence-corrected chi connectivity index (χ1v) is 7.97. The van der Waals surface area contributed by atoms with Gasteiger partial charge in [-0.1, -0.05) is 60.2 Å². The number of carbonyl (C=O) groups excluding carboxylic acids is 2. The van der Waals surface area contributed by atoms with Crippen LogP contribution in [-0.4, -0.2) is 25.7 Å². The van der Waals surface area contributed by atoms with Crippen LogP contribution in [0.15, 0.2) is 54.6 Å². The molecule has 1 N–H and O–H groups in total. The molecule has 0 atom stereocenters. The van der Waals surface area contributed by atoms with Crippen LogP contribution in [0.5, 0.6) is 0 Å². The molecule has 0 aliphatic rings. The van der Waals surface area contributed by atoms with Gasteiger partial charge in [0.2, 0.25) is 0 Å². The standard InChI is InChI=1S/C19H18ClNO4/c1-24-18(22)16-10-9-14(12-17(16)20)8-5-11-21-19(23)25-13-15-6-3-2-4-7-15/h2-10,12H,11,13H2,1H3,(H,21,23). The van der Waals surface area contributed by atoms with Gasteiger partial charge in [0, 0.05) is 6.54 Å². The van der Waals surface area contributed by atoms with Crippen molar-refractivity contribution < 1.29 is 19.1 Å². The third-order valence-electron chi connectivity index (χ3n) is 3.29. The minimum absolute atomic E-state index is 0.223. The van der Waals surface area contributed by atoms with E-state index in [-0.39, 0.29) is 6.61 Å². The molecule has 0 spiro atoms. The summed E-state index contributed by atoms with van der Waals surface area (Å²) in [6, 6.07) is 14.4. The van der Waals surface area contributed by atoms with Gasteiger partial charge in [0.05, 0.1) is 17.7 Å². The number of halogens is 1. The van der Waals surface area contributed by atoms with Crippen molar-refractivity contribution in [1.82, 2.24) is 5.32 Å². The van der Waals surface area contributed by atoms with E-state index in [1.165, 1.54) is 7.11 Å². The van der Waals surface area contributed by atoms with Crippen molar-refractivity contribution >= 4 is 29.7 Å². The first-order valence-electron chi connectivity index (χ1n) is 7.59. The average Bonchev–Trinajstić information content (AvgIpc) is 2.64. The summed E-state index contributed by atoms with van der Waals surface area (Å²) in [6.45, 7) is 0.533. The largest absolute Gasteiger partial charge is 0.465 e. The Morgan fingerprint density at radius 3 is 2.60 bits per heavy atom. The fourth-order valence-electron chi connectivity index (χ4n) is 2.02. The van der Waals surface area contributed by atoms with Gasteiger partial charge in [-0.15, -0.1) is 0 Å². The van der Waals surface area contributed by atoms with Gasteiger partial charge in [0.1, 0.15) is 6.61 Å². The Balaban J connectivity index is 1.78.